The zero-order valence-corrected chi connectivity index (χ0v) is 22.9. The number of aliphatic hydroxyl groups is 1. The number of carboxylic acid groups (broad SMARTS) is 1. The Morgan fingerprint density at radius 1 is 0.886 bits per heavy atom. The van der Waals surface area contributed by atoms with Crippen molar-refractivity contribution in [1.82, 2.24) is 0 Å². The van der Waals surface area contributed by atoms with Crippen LogP contribution in [0.15, 0.2) is 11.6 Å². The molecule has 0 aromatic carbocycles. The van der Waals surface area contributed by atoms with Gasteiger partial charge in [-0.25, -0.2) is 0 Å². The van der Waals surface area contributed by atoms with Crippen molar-refractivity contribution < 1.29 is 15.0 Å². The number of aliphatic hydroxyl groups excluding tert-OH is 1. The van der Waals surface area contributed by atoms with Gasteiger partial charge in [0, 0.05) is 6.08 Å². The fourth-order valence-corrected chi connectivity index (χ4v) is 11.7. The summed E-state index contributed by atoms with van der Waals surface area (Å²) < 4.78 is 0. The van der Waals surface area contributed by atoms with Crippen LogP contribution in [0.2, 0.25) is 0 Å². The summed E-state index contributed by atoms with van der Waals surface area (Å²) in [6.07, 6.45) is 11.6. The molecule has 0 saturated heterocycles. The molecule has 0 aromatic heterocycles. The molecule has 5 aliphatic rings. The second-order valence-corrected chi connectivity index (χ2v) is 14.7. The van der Waals surface area contributed by atoms with Crippen molar-refractivity contribution in [1.29, 1.82) is 5.26 Å². The number of fused-ring (bicyclic) bond motifs is 7. The van der Waals surface area contributed by atoms with Crippen molar-refractivity contribution >= 4 is 5.97 Å². The molecule has 4 nitrogen and oxygen atoms in total. The van der Waals surface area contributed by atoms with Crippen molar-refractivity contribution in [2.75, 3.05) is 0 Å². The first-order valence-electron chi connectivity index (χ1n) is 14.3. The molecule has 4 unspecified atom stereocenters. The molecule has 0 spiro atoms. The summed E-state index contributed by atoms with van der Waals surface area (Å²) >= 11 is 0. The van der Waals surface area contributed by atoms with E-state index in [0.29, 0.717) is 17.8 Å². The van der Waals surface area contributed by atoms with Crippen LogP contribution in [0.25, 0.3) is 0 Å². The maximum atomic E-state index is 12.9. The lowest BCUT2D eigenvalue weighted by Crippen LogP contribution is -2.67. The lowest BCUT2D eigenvalue weighted by atomic mass is 9.32. The van der Waals surface area contributed by atoms with Crippen LogP contribution in [0.3, 0.4) is 0 Å². The van der Waals surface area contributed by atoms with Crippen LogP contribution in [0.4, 0.5) is 0 Å². The average molecular weight is 482 g/mol. The summed E-state index contributed by atoms with van der Waals surface area (Å²) in [6.45, 7) is 14.3. The van der Waals surface area contributed by atoms with Gasteiger partial charge in [-0.1, -0.05) is 40.2 Å². The third kappa shape index (κ3) is 3.03. The topological polar surface area (TPSA) is 81.3 Å². The Morgan fingerprint density at radius 2 is 1.60 bits per heavy atom. The van der Waals surface area contributed by atoms with E-state index >= 15 is 0 Å². The molecule has 5 saturated carbocycles. The summed E-state index contributed by atoms with van der Waals surface area (Å²) in [5, 5.41) is 30.9. The van der Waals surface area contributed by atoms with Crippen LogP contribution in [0.1, 0.15) is 106 Å². The molecule has 10 atom stereocenters. The quantitative estimate of drug-likeness (QED) is 0.417. The number of hydrogen-bond acceptors (Lipinski definition) is 3. The molecule has 2 N–H and O–H groups in total. The highest BCUT2D eigenvalue weighted by molar-refractivity contribution is 5.76. The summed E-state index contributed by atoms with van der Waals surface area (Å²) in [4.78, 5) is 12.9. The molecule has 0 bridgehead atoms. The van der Waals surface area contributed by atoms with E-state index in [2.05, 4.69) is 47.6 Å². The van der Waals surface area contributed by atoms with E-state index < -0.39 is 11.4 Å². The van der Waals surface area contributed by atoms with Gasteiger partial charge in [0.25, 0.3) is 0 Å². The molecule has 0 amide bonds. The van der Waals surface area contributed by atoms with E-state index in [0.717, 1.165) is 50.5 Å². The predicted molar refractivity (Wildman–Crippen MR) is 137 cm³/mol. The molecule has 0 heterocycles. The standard InChI is InChI=1S/C31H47NO3/c1-19(12-18-32)20-9-15-31(26(34)35)17-16-29(5)21(25(20)31)7-8-23-28(4)13-11-24(33)27(2,3)22(28)10-14-30(23,29)6/h12,20-25,33H,7-11,13-17H2,1-6H3,(H,34,35)/t20-,21?,22?,23?,24-,25?,28-,29+,30+,31-/m0/s1. The summed E-state index contributed by atoms with van der Waals surface area (Å²) in [6, 6.07) is 2.23. The van der Waals surface area contributed by atoms with Gasteiger partial charge in [0.15, 0.2) is 0 Å². The fraction of sp³-hybridized carbons (Fsp3) is 0.871. The number of nitriles is 1. The van der Waals surface area contributed by atoms with Gasteiger partial charge in [0.2, 0.25) is 0 Å². The Hall–Kier alpha value is -1.34. The summed E-state index contributed by atoms with van der Waals surface area (Å²) in [5.74, 6) is 1.31. The molecule has 0 radical (unpaired) electrons. The molecular weight excluding hydrogens is 434 g/mol. The minimum Gasteiger partial charge on any atom is -0.481 e. The van der Waals surface area contributed by atoms with E-state index in [-0.39, 0.29) is 39.6 Å². The van der Waals surface area contributed by atoms with Gasteiger partial charge in [0.05, 0.1) is 17.6 Å². The number of carbonyl (C=O) groups is 1. The molecule has 194 valence electrons. The zero-order chi connectivity index (χ0) is 25.6. The van der Waals surface area contributed by atoms with Gasteiger partial charge >= 0.3 is 5.97 Å². The number of hydrogen-bond donors (Lipinski definition) is 2. The van der Waals surface area contributed by atoms with Gasteiger partial charge < -0.3 is 10.2 Å². The van der Waals surface area contributed by atoms with Crippen LogP contribution in [-0.4, -0.2) is 22.3 Å². The van der Waals surface area contributed by atoms with Crippen molar-refractivity contribution in [2.45, 2.75) is 112 Å². The summed E-state index contributed by atoms with van der Waals surface area (Å²) in [5.41, 5.74) is 0.952. The van der Waals surface area contributed by atoms with E-state index in [4.69, 9.17) is 0 Å². The normalized spacial score (nSPS) is 52.9. The minimum atomic E-state index is -0.624. The first-order chi connectivity index (χ1) is 16.3. The van der Waals surface area contributed by atoms with Gasteiger partial charge in [-0.2, -0.15) is 5.26 Å². The number of rotatable bonds is 2. The van der Waals surface area contributed by atoms with Crippen molar-refractivity contribution in [3.05, 3.63) is 11.6 Å². The number of aliphatic carboxylic acids is 1. The Bertz CT molecular complexity index is 978. The maximum Gasteiger partial charge on any atom is 0.309 e. The fourth-order valence-electron chi connectivity index (χ4n) is 11.7. The molecule has 4 heteroatoms. The third-order valence-corrected chi connectivity index (χ3v) is 13.7. The summed E-state index contributed by atoms with van der Waals surface area (Å²) in [7, 11) is 0. The van der Waals surface area contributed by atoms with Gasteiger partial charge in [-0.3, -0.25) is 4.79 Å². The molecule has 35 heavy (non-hydrogen) atoms. The molecule has 5 fully saturated rings. The Labute approximate surface area is 212 Å². The monoisotopic (exact) mass is 481 g/mol. The van der Waals surface area contributed by atoms with Crippen LogP contribution in [0.5, 0.6) is 0 Å². The zero-order valence-electron chi connectivity index (χ0n) is 22.9. The van der Waals surface area contributed by atoms with Crippen molar-refractivity contribution in [3.8, 4) is 6.07 Å². The molecular formula is C31H47NO3. The van der Waals surface area contributed by atoms with Gasteiger partial charge in [-0.15, -0.1) is 0 Å². The Morgan fingerprint density at radius 3 is 2.26 bits per heavy atom. The Kier molecular flexibility index (Phi) is 5.66. The highest BCUT2D eigenvalue weighted by Gasteiger charge is 2.72. The molecule has 0 aliphatic heterocycles. The van der Waals surface area contributed by atoms with E-state index in [1.807, 2.05) is 0 Å². The van der Waals surface area contributed by atoms with Gasteiger partial charge in [0.1, 0.15) is 0 Å². The average Bonchev–Trinajstić information content (AvgIpc) is 3.18. The third-order valence-electron chi connectivity index (χ3n) is 13.7. The minimum absolute atomic E-state index is 0.0488. The number of carboxylic acids is 1. The smallest absolute Gasteiger partial charge is 0.309 e. The first kappa shape index (κ1) is 25.3. The van der Waals surface area contributed by atoms with E-state index in [9.17, 15) is 20.3 Å². The highest BCUT2D eigenvalue weighted by atomic mass is 16.4. The second-order valence-electron chi connectivity index (χ2n) is 14.7. The SMILES string of the molecule is CC(=CC#N)[C@@H]1CC[C@]2(C(=O)O)CC[C@]3(C)C(CCC4[C@@]5(C)CC[C@H](O)C(C)(C)C5CC[C@]43C)C12. The molecule has 5 aliphatic carbocycles. The Balaban J connectivity index is 1.57. The predicted octanol–water partition coefficient (Wildman–Crippen LogP) is 6.98. The van der Waals surface area contributed by atoms with Crippen LogP contribution >= 0.6 is 0 Å². The van der Waals surface area contributed by atoms with Crippen LogP contribution in [-0.2, 0) is 4.79 Å². The number of allylic oxidation sites excluding steroid dienone is 2. The van der Waals surface area contributed by atoms with Crippen molar-refractivity contribution in [2.24, 2.45) is 56.7 Å². The molecule has 0 aromatic rings. The first-order valence-corrected chi connectivity index (χ1v) is 14.3. The van der Waals surface area contributed by atoms with E-state index in [1.165, 1.54) is 19.3 Å². The lowest BCUT2D eigenvalue weighted by molar-refractivity contribution is -0.248. The largest absolute Gasteiger partial charge is 0.481 e. The maximum absolute atomic E-state index is 12.9. The van der Waals surface area contributed by atoms with Crippen LogP contribution in [0, 0.1) is 68.0 Å². The van der Waals surface area contributed by atoms with Crippen LogP contribution < -0.4 is 0 Å². The van der Waals surface area contributed by atoms with Crippen molar-refractivity contribution in [3.63, 3.8) is 0 Å². The highest BCUT2D eigenvalue weighted by Crippen LogP contribution is 2.77. The lowest BCUT2D eigenvalue weighted by Gasteiger charge is -2.72. The number of nitrogens with zero attached hydrogens (tertiary/aromatic N) is 1. The molecule has 5 rings (SSSR count). The van der Waals surface area contributed by atoms with Gasteiger partial charge in [-0.05, 0) is 122 Å². The van der Waals surface area contributed by atoms with E-state index in [1.54, 1.807) is 6.08 Å². The second kappa shape index (κ2) is 7.83.